The third kappa shape index (κ3) is 3.16. The van der Waals surface area contributed by atoms with Gasteiger partial charge in [0, 0.05) is 24.0 Å². The van der Waals surface area contributed by atoms with E-state index in [-0.39, 0.29) is 29.4 Å². The molecule has 1 N–H and O–H groups in total. The quantitative estimate of drug-likeness (QED) is 0.788. The van der Waals surface area contributed by atoms with Gasteiger partial charge in [0.15, 0.2) is 12.4 Å². The fourth-order valence-electron chi connectivity index (χ4n) is 3.71. The number of hydrogen-bond acceptors (Lipinski definition) is 5. The first-order valence-electron chi connectivity index (χ1n) is 7.98. The summed E-state index contributed by atoms with van der Waals surface area (Å²) in [5, 5.41) is 10.0. The van der Waals surface area contributed by atoms with Gasteiger partial charge in [0.2, 0.25) is 0 Å². The second kappa shape index (κ2) is 6.98. The molecule has 0 amide bonds. The molecule has 0 radical (unpaired) electrons. The lowest BCUT2D eigenvalue weighted by Crippen LogP contribution is -2.27. The predicted molar refractivity (Wildman–Crippen MR) is 94.0 cm³/mol. The second-order valence-corrected chi connectivity index (χ2v) is 7.11. The molecule has 0 bridgehead atoms. The van der Waals surface area contributed by atoms with Crippen molar-refractivity contribution < 1.29 is 24.2 Å². The summed E-state index contributed by atoms with van der Waals surface area (Å²) in [7, 11) is 1.27. The maximum Gasteiger partial charge on any atom is 0.343 e. The lowest BCUT2D eigenvalue weighted by molar-refractivity contribution is -0.142. The Hall–Kier alpha value is -1.56. The van der Waals surface area contributed by atoms with Gasteiger partial charge >= 0.3 is 5.97 Å². The Labute approximate surface area is 155 Å². The van der Waals surface area contributed by atoms with Crippen LogP contribution in [0, 0.1) is 5.41 Å². The Morgan fingerprint density at radius 3 is 2.80 bits per heavy atom. The number of esters is 1. The van der Waals surface area contributed by atoms with Crippen molar-refractivity contribution in [1.82, 2.24) is 0 Å². The molecule has 0 saturated heterocycles. The minimum atomic E-state index is -0.522. The number of fused-ring (bicyclic) bond motifs is 3. The van der Waals surface area contributed by atoms with Gasteiger partial charge in [0.05, 0.1) is 12.1 Å². The van der Waals surface area contributed by atoms with Crippen LogP contribution in [-0.4, -0.2) is 37.2 Å². The third-order valence-electron chi connectivity index (χ3n) is 4.94. The molecule has 0 aliphatic heterocycles. The Morgan fingerprint density at radius 2 is 2.12 bits per heavy atom. The van der Waals surface area contributed by atoms with E-state index in [1.165, 1.54) is 7.11 Å². The molecule has 2 aliphatic rings. The summed E-state index contributed by atoms with van der Waals surface area (Å²) in [6.07, 6.45) is 3.94. The Bertz CT molecular complexity index is 771. The minimum Gasteiger partial charge on any atom is -0.480 e. The second-order valence-electron chi connectivity index (χ2n) is 6.36. The molecule has 1 aromatic rings. The molecule has 0 saturated carbocycles. The van der Waals surface area contributed by atoms with E-state index < -0.39 is 5.97 Å². The van der Waals surface area contributed by atoms with Crippen LogP contribution in [-0.2, 0) is 20.7 Å². The van der Waals surface area contributed by atoms with E-state index in [0.29, 0.717) is 36.5 Å². The molecule has 0 aromatic heterocycles. The zero-order valence-electron chi connectivity index (χ0n) is 13.7. The van der Waals surface area contributed by atoms with Gasteiger partial charge in [0.25, 0.3) is 0 Å². The van der Waals surface area contributed by atoms with E-state index in [4.69, 9.17) is 27.9 Å². The number of ether oxygens (including phenoxy) is 2. The zero-order valence-corrected chi connectivity index (χ0v) is 15.2. The summed E-state index contributed by atoms with van der Waals surface area (Å²) in [5.74, 6) is -0.165. The molecule has 7 heteroatoms. The smallest absolute Gasteiger partial charge is 0.343 e. The number of aliphatic hydroxyl groups is 1. The van der Waals surface area contributed by atoms with Gasteiger partial charge < -0.3 is 14.6 Å². The summed E-state index contributed by atoms with van der Waals surface area (Å²) in [5.41, 5.74) is 2.19. The topological polar surface area (TPSA) is 72.8 Å². The summed E-state index contributed by atoms with van der Waals surface area (Å²) < 4.78 is 9.99. The molecular formula is C18H18Cl2O5. The molecule has 134 valence electrons. The van der Waals surface area contributed by atoms with Crippen LogP contribution < -0.4 is 4.74 Å². The molecule has 5 nitrogen and oxygen atoms in total. The van der Waals surface area contributed by atoms with Gasteiger partial charge in [0.1, 0.15) is 10.8 Å². The van der Waals surface area contributed by atoms with E-state index >= 15 is 0 Å². The van der Waals surface area contributed by atoms with E-state index in [1.807, 2.05) is 0 Å². The van der Waals surface area contributed by atoms with E-state index in [0.717, 1.165) is 16.7 Å². The van der Waals surface area contributed by atoms with Crippen molar-refractivity contribution in [1.29, 1.82) is 0 Å². The first kappa shape index (κ1) is 18.2. The number of benzene rings is 1. The van der Waals surface area contributed by atoms with Crippen molar-refractivity contribution in [3.8, 4) is 5.75 Å². The maximum atomic E-state index is 11.9. The Kier molecular flexibility index (Phi) is 5.09. The molecule has 25 heavy (non-hydrogen) atoms. The normalized spacial score (nSPS) is 21.4. The molecular weight excluding hydrogens is 367 g/mol. The highest BCUT2D eigenvalue weighted by molar-refractivity contribution is 6.44. The average Bonchev–Trinajstić information content (AvgIpc) is 2.90. The van der Waals surface area contributed by atoms with E-state index in [9.17, 15) is 14.7 Å². The molecule has 3 rings (SSSR count). The first-order valence-corrected chi connectivity index (χ1v) is 8.74. The Balaban J connectivity index is 2.04. The lowest BCUT2D eigenvalue weighted by atomic mass is 9.70. The number of carbonyl (C=O) groups is 2. The fourth-order valence-corrected chi connectivity index (χ4v) is 4.23. The zero-order chi connectivity index (χ0) is 18.2. The van der Waals surface area contributed by atoms with Crippen molar-refractivity contribution in [2.24, 2.45) is 5.41 Å². The highest BCUT2D eigenvalue weighted by atomic mass is 35.5. The molecule has 1 unspecified atom stereocenters. The number of carbonyl (C=O) groups excluding carboxylic acids is 2. The first-order chi connectivity index (χ1) is 11.9. The van der Waals surface area contributed by atoms with Crippen LogP contribution >= 0.6 is 23.2 Å². The van der Waals surface area contributed by atoms with Gasteiger partial charge in [-0.15, -0.1) is 0 Å². The van der Waals surface area contributed by atoms with Gasteiger partial charge in [-0.1, -0.05) is 23.2 Å². The van der Waals surface area contributed by atoms with Crippen molar-refractivity contribution in [2.45, 2.75) is 25.7 Å². The summed E-state index contributed by atoms with van der Waals surface area (Å²) in [6, 6.07) is 1.76. The van der Waals surface area contributed by atoms with Crippen LogP contribution in [0.1, 0.15) is 30.4 Å². The maximum absolute atomic E-state index is 11.9. The number of ketones is 1. The summed E-state index contributed by atoms with van der Waals surface area (Å²) in [4.78, 5) is 23.2. The monoisotopic (exact) mass is 384 g/mol. The van der Waals surface area contributed by atoms with Gasteiger partial charge in [-0.3, -0.25) is 4.79 Å². The number of methoxy groups -OCH3 is 1. The number of rotatable bonds is 5. The van der Waals surface area contributed by atoms with E-state index in [1.54, 1.807) is 12.1 Å². The van der Waals surface area contributed by atoms with Crippen LogP contribution in [0.15, 0.2) is 12.1 Å². The van der Waals surface area contributed by atoms with Crippen LogP contribution in [0.25, 0.3) is 5.57 Å². The molecule has 0 spiro atoms. The van der Waals surface area contributed by atoms with Gasteiger partial charge in [-0.05, 0) is 42.5 Å². The average molecular weight is 385 g/mol. The standard InChI is InChI=1S/C18H18Cl2O5/c1-24-14(23)9-25-13-6-10-8-18(4-5-21)3-2-11(22)7-12(18)15(10)17(20)16(13)19/h6-7,21H,2-5,8-9H2,1H3. The minimum absolute atomic E-state index is 0.0244. The largest absolute Gasteiger partial charge is 0.480 e. The summed E-state index contributed by atoms with van der Waals surface area (Å²) >= 11 is 12.8. The molecule has 1 atom stereocenters. The van der Waals surface area contributed by atoms with Gasteiger partial charge in [-0.2, -0.15) is 0 Å². The SMILES string of the molecule is COC(=O)COc1cc2c(c(Cl)c1Cl)C1=CC(=O)CCC1(CCO)C2. The summed E-state index contributed by atoms with van der Waals surface area (Å²) in [6.45, 7) is -0.245. The van der Waals surface area contributed by atoms with Crippen LogP contribution in [0.2, 0.25) is 10.0 Å². The Morgan fingerprint density at radius 1 is 1.36 bits per heavy atom. The van der Waals surface area contributed by atoms with E-state index in [2.05, 4.69) is 4.74 Å². The predicted octanol–water partition coefficient (Wildman–Crippen LogP) is 3.22. The fraction of sp³-hybridized carbons (Fsp3) is 0.444. The van der Waals surface area contributed by atoms with Crippen molar-refractivity contribution in [3.05, 3.63) is 33.3 Å². The van der Waals surface area contributed by atoms with Crippen molar-refractivity contribution >= 4 is 40.5 Å². The molecule has 0 heterocycles. The van der Waals surface area contributed by atoms with Crippen molar-refractivity contribution in [2.75, 3.05) is 20.3 Å². The van der Waals surface area contributed by atoms with Crippen LogP contribution in [0.5, 0.6) is 5.75 Å². The van der Waals surface area contributed by atoms with Crippen LogP contribution in [0.3, 0.4) is 0 Å². The molecule has 1 aromatic carbocycles. The van der Waals surface area contributed by atoms with Gasteiger partial charge in [-0.25, -0.2) is 4.79 Å². The molecule has 0 fully saturated rings. The number of halogens is 2. The molecule has 2 aliphatic carbocycles. The number of allylic oxidation sites excluding steroid dienone is 2. The highest BCUT2D eigenvalue weighted by Crippen LogP contribution is 2.57. The van der Waals surface area contributed by atoms with Crippen LogP contribution in [0.4, 0.5) is 0 Å². The highest BCUT2D eigenvalue weighted by Gasteiger charge is 2.45. The third-order valence-corrected chi connectivity index (χ3v) is 5.79. The lowest BCUT2D eigenvalue weighted by Gasteiger charge is -2.33. The number of hydrogen-bond donors (Lipinski definition) is 1. The van der Waals surface area contributed by atoms with Crippen molar-refractivity contribution in [3.63, 3.8) is 0 Å². The number of aliphatic hydroxyl groups excluding tert-OH is 1.